The van der Waals surface area contributed by atoms with E-state index in [0.717, 1.165) is 0 Å². The molecule has 0 nitrogen and oxygen atoms in total. The van der Waals surface area contributed by atoms with E-state index in [4.69, 9.17) is 0 Å². The first-order valence-electron chi connectivity index (χ1n) is 1.91. The van der Waals surface area contributed by atoms with Crippen molar-refractivity contribution in [3.05, 3.63) is 0 Å². The zero-order valence-corrected chi connectivity index (χ0v) is 11.3. The van der Waals surface area contributed by atoms with Crippen LogP contribution < -0.4 is 67.9 Å². The van der Waals surface area contributed by atoms with Gasteiger partial charge in [0.05, 0.1) is 0 Å². The van der Waals surface area contributed by atoms with Crippen molar-refractivity contribution in [3.63, 3.8) is 0 Å². The largest absolute Gasteiger partial charge is 1.00 e. The van der Waals surface area contributed by atoms with Crippen LogP contribution in [0.2, 0.25) is 0 Å². The van der Waals surface area contributed by atoms with Crippen molar-refractivity contribution in [3.8, 4) is 0 Å². The molecule has 0 rings (SSSR count). The Bertz CT molecular complexity index is 10.0. The Hall–Kier alpha value is 1.92. The molecule has 0 fully saturated rings. The lowest BCUT2D eigenvalue weighted by Crippen LogP contribution is -3.00. The van der Waals surface area contributed by atoms with Gasteiger partial charge in [-0.2, -0.15) is 0 Å². The first-order chi connectivity index (χ1) is 1.91. The van der Waals surface area contributed by atoms with Crippen LogP contribution in [0.5, 0.6) is 0 Å². The molecule has 0 aromatic heterocycles. The lowest BCUT2D eigenvalue weighted by atomic mass is 10.4. The molecule has 8 heavy (non-hydrogen) atoms. The fraction of sp³-hybridized carbons (Fsp3) is 1.00. The van der Waals surface area contributed by atoms with Crippen molar-refractivity contribution in [2.45, 2.75) is 26.7 Å². The predicted molar refractivity (Wildman–Crippen MR) is 20.6 cm³/mol. The third-order valence-electron chi connectivity index (χ3n) is 0.500. The average Bonchev–Trinajstić information content (AvgIpc) is 1.37. The van der Waals surface area contributed by atoms with E-state index in [1.165, 1.54) is 12.8 Å². The molecule has 0 bridgehead atoms. The van der Waals surface area contributed by atoms with Crippen LogP contribution in [0.1, 0.15) is 26.7 Å². The second-order valence-electron chi connectivity index (χ2n) is 1.000. The molecule has 0 aliphatic carbocycles. The number of halogens is 4. The summed E-state index contributed by atoms with van der Waals surface area (Å²) in [6.45, 7) is 4.36. The fourth-order valence-electron chi connectivity index (χ4n) is 0. The molecule has 0 aromatic rings. The van der Waals surface area contributed by atoms with Crippen molar-refractivity contribution in [2.75, 3.05) is 0 Å². The highest BCUT2D eigenvalue weighted by atomic mass is 79.9. The van der Waals surface area contributed by atoms with Gasteiger partial charge >= 0.3 is 0 Å². The molecule has 0 radical (unpaired) electrons. The third-order valence-corrected chi connectivity index (χ3v) is 0.500. The Morgan fingerprint density at radius 1 is 0.625 bits per heavy atom. The Morgan fingerprint density at radius 2 is 0.750 bits per heavy atom. The minimum atomic E-state index is 0. The Labute approximate surface area is 93.9 Å². The van der Waals surface area contributed by atoms with Gasteiger partial charge in [0.15, 0.2) is 0 Å². The number of unbranched alkanes of at least 4 members (excludes halogenated alkanes) is 1. The van der Waals surface area contributed by atoms with E-state index in [9.17, 15) is 0 Å². The van der Waals surface area contributed by atoms with Crippen molar-refractivity contribution in [1.29, 1.82) is 0 Å². The summed E-state index contributed by atoms with van der Waals surface area (Å²) in [4.78, 5) is 0. The smallest absolute Gasteiger partial charge is 0.0564 e. The van der Waals surface area contributed by atoms with E-state index in [0.29, 0.717) is 0 Å². The third kappa shape index (κ3) is 44.5. The summed E-state index contributed by atoms with van der Waals surface area (Å²) in [5.41, 5.74) is 0. The van der Waals surface area contributed by atoms with Crippen molar-refractivity contribution >= 4 is 0 Å². The molecule has 58 valence electrons. The summed E-state index contributed by atoms with van der Waals surface area (Å²) >= 11 is 0. The summed E-state index contributed by atoms with van der Waals surface area (Å²) in [7, 11) is 0. The van der Waals surface area contributed by atoms with Gasteiger partial charge in [-0.15, -0.1) is 0 Å². The summed E-state index contributed by atoms with van der Waals surface area (Å²) in [5, 5.41) is 0. The standard InChI is InChI=1S/C4H10.4BrH/c1-3-4-2;;;;/h3-4H2,1-2H3;4*1H/p-4. The Morgan fingerprint density at radius 3 is 0.750 bits per heavy atom. The molecule has 0 amide bonds. The quantitative estimate of drug-likeness (QED) is 0.426. The first kappa shape index (κ1) is 32.6. The molecule has 0 unspecified atom stereocenters. The Kier molecular flexibility index (Phi) is 148. The lowest BCUT2D eigenvalue weighted by molar-refractivity contribution is -0.00100. The maximum Gasteiger partial charge on any atom is -0.0564 e. The van der Waals surface area contributed by atoms with Gasteiger partial charge in [0, 0.05) is 0 Å². The van der Waals surface area contributed by atoms with Crippen LogP contribution in [0.25, 0.3) is 0 Å². The molecule has 0 aliphatic rings. The van der Waals surface area contributed by atoms with Gasteiger partial charge in [-0.05, 0) is 0 Å². The number of hydrogen-bond donors (Lipinski definition) is 0. The monoisotopic (exact) mass is 374 g/mol. The zero-order chi connectivity index (χ0) is 3.41. The topological polar surface area (TPSA) is 0 Å². The van der Waals surface area contributed by atoms with Gasteiger partial charge in [-0.3, -0.25) is 0 Å². The predicted octanol–water partition coefficient (Wildman–Crippen LogP) is -10.2. The summed E-state index contributed by atoms with van der Waals surface area (Å²) < 4.78 is 0. The summed E-state index contributed by atoms with van der Waals surface area (Å²) in [6.07, 6.45) is 2.64. The maximum absolute atomic E-state index is 2.18. The average molecular weight is 378 g/mol. The molecule has 0 N–H and O–H groups in total. The van der Waals surface area contributed by atoms with Crippen LogP contribution in [0, 0.1) is 0 Å². The summed E-state index contributed by atoms with van der Waals surface area (Å²) in [5.74, 6) is 0. The maximum atomic E-state index is 2.18. The molecular weight excluding hydrogens is 368 g/mol. The van der Waals surface area contributed by atoms with E-state index < -0.39 is 0 Å². The van der Waals surface area contributed by atoms with Crippen molar-refractivity contribution in [1.82, 2.24) is 0 Å². The van der Waals surface area contributed by atoms with Gasteiger partial charge in [0.1, 0.15) is 0 Å². The highest BCUT2D eigenvalue weighted by Gasteiger charge is 1.56. The number of rotatable bonds is 1. The van der Waals surface area contributed by atoms with Crippen LogP contribution >= 0.6 is 0 Å². The molecule has 0 spiro atoms. The van der Waals surface area contributed by atoms with E-state index in [2.05, 4.69) is 13.8 Å². The Balaban J connectivity index is -0.00000000750. The van der Waals surface area contributed by atoms with Gasteiger partial charge in [0.2, 0.25) is 0 Å². The second-order valence-corrected chi connectivity index (χ2v) is 1.000. The van der Waals surface area contributed by atoms with E-state index >= 15 is 0 Å². The summed E-state index contributed by atoms with van der Waals surface area (Å²) in [6, 6.07) is 0. The molecule has 0 saturated heterocycles. The van der Waals surface area contributed by atoms with Crippen LogP contribution in [0.15, 0.2) is 0 Å². The fourth-order valence-corrected chi connectivity index (χ4v) is 0. The molecule has 0 saturated carbocycles. The van der Waals surface area contributed by atoms with E-state index in [1.54, 1.807) is 0 Å². The second kappa shape index (κ2) is 36.4. The highest BCUT2D eigenvalue weighted by molar-refractivity contribution is 4.12. The lowest BCUT2D eigenvalue weighted by Gasteiger charge is -1.68. The van der Waals surface area contributed by atoms with Crippen LogP contribution in [-0.4, -0.2) is 0 Å². The van der Waals surface area contributed by atoms with Gasteiger partial charge in [0.25, 0.3) is 0 Å². The first-order valence-corrected chi connectivity index (χ1v) is 1.91. The van der Waals surface area contributed by atoms with E-state index in [-0.39, 0.29) is 67.9 Å². The molecule has 4 heteroatoms. The van der Waals surface area contributed by atoms with Crippen molar-refractivity contribution in [2.24, 2.45) is 0 Å². The van der Waals surface area contributed by atoms with Gasteiger partial charge in [-0.1, -0.05) is 26.7 Å². The highest BCUT2D eigenvalue weighted by Crippen LogP contribution is 1.76. The van der Waals surface area contributed by atoms with Crippen LogP contribution in [0.4, 0.5) is 0 Å². The minimum absolute atomic E-state index is 0. The molecule has 0 atom stereocenters. The zero-order valence-electron chi connectivity index (χ0n) is 4.93. The minimum Gasteiger partial charge on any atom is -1.00 e. The van der Waals surface area contributed by atoms with E-state index in [1.807, 2.05) is 0 Å². The normalized spacial score (nSPS) is 3.75. The van der Waals surface area contributed by atoms with Crippen LogP contribution in [0.3, 0.4) is 0 Å². The molecular formula is C4H10Br4-4. The van der Waals surface area contributed by atoms with Crippen molar-refractivity contribution < 1.29 is 67.9 Å². The van der Waals surface area contributed by atoms with Gasteiger partial charge in [-0.25, -0.2) is 0 Å². The SMILES string of the molecule is CCCC.[Br-].[Br-].[Br-].[Br-]. The number of hydrogen-bond acceptors (Lipinski definition) is 0. The molecule has 0 aliphatic heterocycles. The van der Waals surface area contributed by atoms with Gasteiger partial charge < -0.3 is 67.9 Å². The van der Waals surface area contributed by atoms with Crippen LogP contribution in [-0.2, 0) is 0 Å². The molecule has 0 aromatic carbocycles. The molecule has 0 heterocycles.